The molecule has 0 aliphatic carbocycles. The molecular formula is C21H22N6O2. The summed E-state index contributed by atoms with van der Waals surface area (Å²) in [5, 5.41) is 19.2. The summed E-state index contributed by atoms with van der Waals surface area (Å²) in [5.41, 5.74) is 3.47. The third-order valence-electron chi connectivity index (χ3n) is 4.91. The zero-order chi connectivity index (χ0) is 20.2. The zero-order valence-electron chi connectivity index (χ0n) is 16.0. The Bertz CT molecular complexity index is 1010. The second-order valence-electron chi connectivity index (χ2n) is 6.90. The number of guanidine groups is 1. The number of carbonyl (C=O) groups is 1. The lowest BCUT2D eigenvalue weighted by molar-refractivity contribution is -0.137. The number of H-pyrrole nitrogens is 1. The first-order chi connectivity index (χ1) is 14.1. The molecule has 4 rings (SSSR count). The van der Waals surface area contributed by atoms with Gasteiger partial charge >= 0.3 is 5.97 Å². The molecule has 8 nitrogen and oxygen atoms in total. The van der Waals surface area contributed by atoms with E-state index < -0.39 is 5.97 Å². The number of aliphatic carboxylic acids is 1. The molecule has 1 aliphatic heterocycles. The van der Waals surface area contributed by atoms with Crippen molar-refractivity contribution in [1.29, 1.82) is 0 Å². The Morgan fingerprint density at radius 3 is 2.62 bits per heavy atom. The number of hydrogen-bond acceptors (Lipinski definition) is 6. The van der Waals surface area contributed by atoms with E-state index in [0.29, 0.717) is 25.0 Å². The van der Waals surface area contributed by atoms with Crippen molar-refractivity contribution in [3.8, 4) is 11.1 Å². The normalized spacial score (nSPS) is 14.5. The Morgan fingerprint density at radius 2 is 1.90 bits per heavy atom. The molecule has 3 aromatic rings. The molecule has 0 saturated carbocycles. The fraction of sp³-hybridized carbons (Fsp3) is 0.238. The number of nitrogens with zero attached hydrogens (tertiary/aromatic N) is 4. The first-order valence-electron chi connectivity index (χ1n) is 9.46. The van der Waals surface area contributed by atoms with Gasteiger partial charge in [-0.05, 0) is 16.7 Å². The Hall–Kier alpha value is -3.68. The monoisotopic (exact) mass is 390 g/mol. The number of anilines is 1. The van der Waals surface area contributed by atoms with Crippen molar-refractivity contribution in [3.63, 3.8) is 0 Å². The van der Waals surface area contributed by atoms with Gasteiger partial charge in [0, 0.05) is 12.5 Å². The van der Waals surface area contributed by atoms with Gasteiger partial charge in [0.15, 0.2) is 0 Å². The van der Waals surface area contributed by atoms with Crippen LogP contribution in [0, 0.1) is 0 Å². The van der Waals surface area contributed by atoms with E-state index in [9.17, 15) is 4.79 Å². The molecule has 1 unspecified atom stereocenters. The van der Waals surface area contributed by atoms with E-state index in [1.807, 2.05) is 18.2 Å². The maximum atomic E-state index is 11.0. The lowest BCUT2D eigenvalue weighted by Crippen LogP contribution is -2.37. The number of aromatic nitrogens is 3. The lowest BCUT2D eigenvalue weighted by atomic mass is 9.97. The summed E-state index contributed by atoms with van der Waals surface area (Å²) in [6, 6.07) is 18.6. The average Bonchev–Trinajstić information content (AvgIpc) is 3.38. The highest BCUT2D eigenvalue weighted by Crippen LogP contribution is 2.25. The summed E-state index contributed by atoms with van der Waals surface area (Å²) in [5.74, 6) is 0.720. The molecule has 3 N–H and O–H groups in total. The second-order valence-corrected chi connectivity index (χ2v) is 6.90. The Balaban J connectivity index is 1.44. The van der Waals surface area contributed by atoms with Crippen LogP contribution in [0.3, 0.4) is 0 Å². The van der Waals surface area contributed by atoms with Crippen molar-refractivity contribution in [1.82, 2.24) is 20.1 Å². The molecule has 8 heteroatoms. The molecule has 29 heavy (non-hydrogen) atoms. The smallest absolute Gasteiger partial charge is 0.323 e. The standard InChI is InChI=1S/C21H22N6O2/c1-14(15-7-9-17(10-8-15)16-5-3-2-4-6-16)19-23-20(26-25-19)24-21-22-11-12-27(21)13-18(28)29/h2-10,14H,11-13H2,1H3,(H,28,29)(H2,22,23,24,25,26). The fourth-order valence-electron chi connectivity index (χ4n) is 3.29. The van der Waals surface area contributed by atoms with Crippen molar-refractivity contribution >= 4 is 17.9 Å². The molecular weight excluding hydrogens is 368 g/mol. The second kappa shape index (κ2) is 8.14. The van der Waals surface area contributed by atoms with Crippen molar-refractivity contribution in [2.75, 3.05) is 25.0 Å². The highest BCUT2D eigenvalue weighted by atomic mass is 16.4. The topological polar surface area (TPSA) is 106 Å². The van der Waals surface area contributed by atoms with Gasteiger partial charge in [0.25, 0.3) is 0 Å². The molecule has 2 aromatic carbocycles. The Labute approximate surface area is 168 Å². The molecule has 2 heterocycles. The summed E-state index contributed by atoms with van der Waals surface area (Å²) >= 11 is 0. The number of carboxylic acid groups (broad SMARTS) is 1. The predicted octanol–water partition coefficient (Wildman–Crippen LogP) is 2.79. The zero-order valence-corrected chi connectivity index (χ0v) is 16.0. The number of nitrogens with one attached hydrogen (secondary N) is 2. The van der Waals surface area contributed by atoms with Crippen LogP contribution < -0.4 is 5.32 Å². The minimum Gasteiger partial charge on any atom is -0.480 e. The van der Waals surface area contributed by atoms with Crippen LogP contribution in [-0.2, 0) is 4.79 Å². The van der Waals surface area contributed by atoms with Gasteiger partial charge < -0.3 is 10.0 Å². The van der Waals surface area contributed by atoms with E-state index in [0.717, 1.165) is 11.4 Å². The maximum Gasteiger partial charge on any atom is 0.323 e. The molecule has 1 aromatic heterocycles. The van der Waals surface area contributed by atoms with Crippen molar-refractivity contribution in [3.05, 3.63) is 66.0 Å². The summed E-state index contributed by atoms with van der Waals surface area (Å²) in [4.78, 5) is 21.4. The summed E-state index contributed by atoms with van der Waals surface area (Å²) in [6.07, 6.45) is 0. The summed E-state index contributed by atoms with van der Waals surface area (Å²) < 4.78 is 0. The lowest BCUT2D eigenvalue weighted by Gasteiger charge is -2.17. The van der Waals surface area contributed by atoms with Gasteiger partial charge in [0.2, 0.25) is 11.9 Å². The van der Waals surface area contributed by atoms with Gasteiger partial charge in [0.05, 0.1) is 6.54 Å². The van der Waals surface area contributed by atoms with E-state index in [1.165, 1.54) is 11.1 Å². The highest BCUT2D eigenvalue weighted by molar-refractivity contribution is 5.94. The summed E-state index contributed by atoms with van der Waals surface area (Å²) in [6.45, 7) is 3.08. The average molecular weight is 390 g/mol. The van der Waals surface area contributed by atoms with E-state index >= 15 is 0 Å². The summed E-state index contributed by atoms with van der Waals surface area (Å²) in [7, 11) is 0. The van der Waals surface area contributed by atoms with Gasteiger partial charge in [-0.25, -0.2) is 0 Å². The molecule has 1 aliphatic rings. The predicted molar refractivity (Wildman–Crippen MR) is 111 cm³/mol. The van der Waals surface area contributed by atoms with E-state index in [4.69, 9.17) is 5.11 Å². The van der Waals surface area contributed by atoms with E-state index in [1.54, 1.807) is 4.90 Å². The highest BCUT2D eigenvalue weighted by Gasteiger charge is 2.21. The quantitative estimate of drug-likeness (QED) is 0.598. The number of rotatable bonds is 6. The Morgan fingerprint density at radius 1 is 1.17 bits per heavy atom. The van der Waals surface area contributed by atoms with Gasteiger partial charge in [0.1, 0.15) is 12.4 Å². The van der Waals surface area contributed by atoms with Crippen LogP contribution in [-0.4, -0.2) is 56.8 Å². The third kappa shape index (κ3) is 4.26. The first-order valence-corrected chi connectivity index (χ1v) is 9.46. The fourth-order valence-corrected chi connectivity index (χ4v) is 3.29. The van der Waals surface area contributed by atoms with Gasteiger partial charge in [-0.2, -0.15) is 4.98 Å². The van der Waals surface area contributed by atoms with Crippen molar-refractivity contribution in [2.24, 2.45) is 4.99 Å². The molecule has 0 saturated heterocycles. The Kier molecular flexibility index (Phi) is 5.24. The van der Waals surface area contributed by atoms with E-state index in [-0.39, 0.29) is 12.5 Å². The number of benzene rings is 2. The van der Waals surface area contributed by atoms with Crippen LogP contribution in [0.25, 0.3) is 11.1 Å². The van der Waals surface area contributed by atoms with Crippen LogP contribution in [0.2, 0.25) is 0 Å². The minimum absolute atomic E-state index is 0.0310. The van der Waals surface area contributed by atoms with Crippen LogP contribution in [0.4, 0.5) is 5.95 Å². The van der Waals surface area contributed by atoms with Gasteiger partial charge in [-0.1, -0.05) is 61.5 Å². The number of hydrogen-bond donors (Lipinski definition) is 3. The maximum absolute atomic E-state index is 11.0. The molecule has 0 spiro atoms. The molecule has 1 atom stereocenters. The van der Waals surface area contributed by atoms with Crippen LogP contribution in [0.15, 0.2) is 59.6 Å². The minimum atomic E-state index is -0.898. The number of carboxylic acids is 1. The third-order valence-corrected chi connectivity index (χ3v) is 4.91. The SMILES string of the molecule is CC(c1ccc(-c2ccccc2)cc1)c1nc(NC2=NCCN2CC(=O)O)n[nH]1. The molecule has 0 radical (unpaired) electrons. The van der Waals surface area contributed by atoms with Gasteiger partial charge in [-0.15, -0.1) is 5.10 Å². The van der Waals surface area contributed by atoms with Crippen LogP contribution in [0.1, 0.15) is 24.2 Å². The number of aromatic amines is 1. The van der Waals surface area contributed by atoms with Gasteiger partial charge in [-0.3, -0.25) is 20.2 Å². The molecule has 0 amide bonds. The van der Waals surface area contributed by atoms with Crippen LogP contribution >= 0.6 is 0 Å². The number of aliphatic imine (C=N–C) groups is 1. The molecule has 148 valence electrons. The van der Waals surface area contributed by atoms with E-state index in [2.05, 4.69) is 68.8 Å². The molecule has 0 bridgehead atoms. The van der Waals surface area contributed by atoms with Crippen molar-refractivity contribution < 1.29 is 9.90 Å². The van der Waals surface area contributed by atoms with Crippen LogP contribution in [0.5, 0.6) is 0 Å². The first kappa shape index (κ1) is 18.7. The van der Waals surface area contributed by atoms with Crippen molar-refractivity contribution in [2.45, 2.75) is 12.8 Å². The molecule has 0 fully saturated rings. The largest absolute Gasteiger partial charge is 0.480 e.